The number of ether oxygens (including phenoxy) is 1. The molecule has 0 saturated carbocycles. The van der Waals surface area contributed by atoms with Gasteiger partial charge in [-0.05, 0) is 42.5 Å². The molecule has 0 spiro atoms. The van der Waals surface area contributed by atoms with Crippen LogP contribution < -0.4 is 10.1 Å². The lowest BCUT2D eigenvalue weighted by atomic mass is 10.2. The summed E-state index contributed by atoms with van der Waals surface area (Å²) in [6, 6.07) is 16.7. The third kappa shape index (κ3) is 4.59. The van der Waals surface area contributed by atoms with Gasteiger partial charge in [0.15, 0.2) is 0 Å². The standard InChI is InChI=1S/C23H19FN2O4S/c1-29-19-9-3-2-8-18(19)25-22(27)14-26(13-15-6-5-11-30-15)23(28)21-12-16-17(24)7-4-10-20(16)31-21/h2-12H,13-14H2,1H3,(H,25,27). The molecule has 0 aliphatic rings. The highest BCUT2D eigenvalue weighted by molar-refractivity contribution is 7.20. The van der Waals surface area contributed by atoms with E-state index in [-0.39, 0.29) is 24.8 Å². The van der Waals surface area contributed by atoms with E-state index in [1.54, 1.807) is 48.5 Å². The number of thiophene rings is 1. The third-order valence-corrected chi connectivity index (χ3v) is 5.74. The summed E-state index contributed by atoms with van der Waals surface area (Å²) in [7, 11) is 1.51. The van der Waals surface area contributed by atoms with Gasteiger partial charge in [0.1, 0.15) is 23.9 Å². The Hall–Kier alpha value is -3.65. The van der Waals surface area contributed by atoms with Crippen molar-refractivity contribution in [1.82, 2.24) is 4.90 Å². The first-order valence-electron chi connectivity index (χ1n) is 9.47. The topological polar surface area (TPSA) is 71.8 Å². The van der Waals surface area contributed by atoms with E-state index < -0.39 is 5.91 Å². The summed E-state index contributed by atoms with van der Waals surface area (Å²) >= 11 is 1.18. The first-order valence-corrected chi connectivity index (χ1v) is 10.3. The van der Waals surface area contributed by atoms with Crippen LogP contribution in [0.15, 0.2) is 71.3 Å². The zero-order valence-corrected chi connectivity index (χ0v) is 17.4. The molecule has 0 fully saturated rings. The Balaban J connectivity index is 1.58. The van der Waals surface area contributed by atoms with Crippen molar-refractivity contribution in [2.45, 2.75) is 6.54 Å². The van der Waals surface area contributed by atoms with Crippen LogP contribution >= 0.6 is 11.3 Å². The third-order valence-electron chi connectivity index (χ3n) is 4.65. The number of fused-ring (bicyclic) bond motifs is 1. The Kier molecular flexibility index (Phi) is 5.99. The first kappa shape index (κ1) is 20.6. The Morgan fingerprint density at radius 1 is 1.13 bits per heavy atom. The number of hydrogen-bond donors (Lipinski definition) is 1. The molecule has 0 aliphatic carbocycles. The fourth-order valence-corrected chi connectivity index (χ4v) is 4.23. The molecule has 1 N–H and O–H groups in total. The molecule has 2 heterocycles. The van der Waals surface area contributed by atoms with Gasteiger partial charge >= 0.3 is 0 Å². The van der Waals surface area contributed by atoms with E-state index in [0.717, 1.165) is 0 Å². The summed E-state index contributed by atoms with van der Waals surface area (Å²) in [6.07, 6.45) is 1.50. The summed E-state index contributed by atoms with van der Waals surface area (Å²) < 4.78 is 25.4. The quantitative estimate of drug-likeness (QED) is 0.444. The number of carbonyl (C=O) groups excluding carboxylic acids is 2. The second-order valence-electron chi connectivity index (χ2n) is 6.75. The molecule has 0 atom stereocenters. The van der Waals surface area contributed by atoms with E-state index in [2.05, 4.69) is 5.32 Å². The minimum Gasteiger partial charge on any atom is -0.495 e. The second-order valence-corrected chi connectivity index (χ2v) is 7.84. The highest BCUT2D eigenvalue weighted by Crippen LogP contribution is 2.29. The maximum atomic E-state index is 14.1. The number of benzene rings is 2. The van der Waals surface area contributed by atoms with Crippen molar-refractivity contribution in [3.63, 3.8) is 0 Å². The number of nitrogens with zero attached hydrogens (tertiary/aromatic N) is 1. The van der Waals surface area contributed by atoms with Crippen molar-refractivity contribution in [1.29, 1.82) is 0 Å². The number of para-hydroxylation sites is 2. The van der Waals surface area contributed by atoms with Crippen LogP contribution in [0, 0.1) is 5.82 Å². The molecule has 0 saturated heterocycles. The highest BCUT2D eigenvalue weighted by atomic mass is 32.1. The van der Waals surface area contributed by atoms with Crippen LogP contribution in [0.1, 0.15) is 15.4 Å². The fourth-order valence-electron chi connectivity index (χ4n) is 3.19. The van der Waals surface area contributed by atoms with Crippen molar-refractivity contribution < 1.29 is 23.1 Å². The molecule has 6 nitrogen and oxygen atoms in total. The molecule has 2 aromatic carbocycles. The van der Waals surface area contributed by atoms with Crippen LogP contribution in [0.4, 0.5) is 10.1 Å². The lowest BCUT2D eigenvalue weighted by Crippen LogP contribution is -2.37. The molecule has 2 amide bonds. The van der Waals surface area contributed by atoms with Gasteiger partial charge in [-0.3, -0.25) is 9.59 Å². The van der Waals surface area contributed by atoms with E-state index >= 15 is 0 Å². The number of anilines is 1. The van der Waals surface area contributed by atoms with E-state index in [1.165, 1.54) is 41.7 Å². The number of nitrogens with one attached hydrogen (secondary N) is 1. The number of halogens is 1. The number of furan rings is 1. The van der Waals surface area contributed by atoms with Crippen molar-refractivity contribution in [2.24, 2.45) is 0 Å². The normalized spacial score (nSPS) is 10.8. The Labute approximate surface area is 181 Å². The minimum atomic E-state index is -0.392. The van der Waals surface area contributed by atoms with Crippen LogP contribution in [0.3, 0.4) is 0 Å². The van der Waals surface area contributed by atoms with Crippen LogP contribution in [0.5, 0.6) is 5.75 Å². The summed E-state index contributed by atoms with van der Waals surface area (Å²) in [4.78, 5) is 27.7. The average molecular weight is 438 g/mol. The van der Waals surface area contributed by atoms with Gasteiger partial charge in [-0.2, -0.15) is 0 Å². The Bertz CT molecular complexity index is 1220. The molecular weight excluding hydrogens is 419 g/mol. The van der Waals surface area contributed by atoms with Crippen LogP contribution in [0.25, 0.3) is 10.1 Å². The number of amides is 2. The smallest absolute Gasteiger partial charge is 0.264 e. The molecule has 4 aromatic rings. The first-order chi connectivity index (χ1) is 15.0. The molecule has 0 bridgehead atoms. The Morgan fingerprint density at radius 3 is 2.71 bits per heavy atom. The van der Waals surface area contributed by atoms with E-state index in [0.29, 0.717) is 32.2 Å². The zero-order valence-electron chi connectivity index (χ0n) is 16.6. The molecule has 8 heteroatoms. The van der Waals surface area contributed by atoms with E-state index in [4.69, 9.17) is 9.15 Å². The van der Waals surface area contributed by atoms with Crippen LogP contribution in [-0.4, -0.2) is 30.4 Å². The molecule has 0 aliphatic heterocycles. The van der Waals surface area contributed by atoms with Gasteiger partial charge in [-0.1, -0.05) is 18.2 Å². The van der Waals surface area contributed by atoms with Gasteiger partial charge in [0, 0.05) is 10.1 Å². The number of rotatable bonds is 7. The largest absolute Gasteiger partial charge is 0.495 e. The summed E-state index contributed by atoms with van der Waals surface area (Å²) in [5, 5.41) is 3.15. The second kappa shape index (κ2) is 9.01. The lowest BCUT2D eigenvalue weighted by molar-refractivity contribution is -0.117. The van der Waals surface area contributed by atoms with Gasteiger partial charge < -0.3 is 19.4 Å². The average Bonchev–Trinajstić information content (AvgIpc) is 3.43. The van der Waals surface area contributed by atoms with E-state index in [9.17, 15) is 14.0 Å². The number of methoxy groups -OCH3 is 1. The van der Waals surface area contributed by atoms with Gasteiger partial charge in [-0.25, -0.2) is 4.39 Å². The van der Waals surface area contributed by atoms with Crippen molar-refractivity contribution in [3.8, 4) is 5.75 Å². The predicted molar refractivity (Wildman–Crippen MR) is 117 cm³/mol. The fraction of sp³-hybridized carbons (Fsp3) is 0.130. The van der Waals surface area contributed by atoms with Crippen molar-refractivity contribution >= 4 is 38.9 Å². The van der Waals surface area contributed by atoms with Gasteiger partial charge in [0.2, 0.25) is 5.91 Å². The summed E-state index contributed by atoms with van der Waals surface area (Å²) in [5.74, 6) is -0.117. The minimum absolute atomic E-state index is 0.0991. The molecule has 31 heavy (non-hydrogen) atoms. The summed E-state index contributed by atoms with van der Waals surface area (Å²) in [5.41, 5.74) is 0.504. The molecule has 0 unspecified atom stereocenters. The van der Waals surface area contributed by atoms with Crippen molar-refractivity contribution in [2.75, 3.05) is 19.0 Å². The Morgan fingerprint density at radius 2 is 1.97 bits per heavy atom. The SMILES string of the molecule is COc1ccccc1NC(=O)CN(Cc1ccco1)C(=O)c1cc2c(F)cccc2s1. The van der Waals surface area contributed by atoms with Crippen LogP contribution in [0.2, 0.25) is 0 Å². The molecule has 0 radical (unpaired) electrons. The number of carbonyl (C=O) groups is 2. The zero-order chi connectivity index (χ0) is 21.8. The lowest BCUT2D eigenvalue weighted by Gasteiger charge is -2.21. The van der Waals surface area contributed by atoms with Crippen molar-refractivity contribution in [3.05, 3.63) is 83.4 Å². The molecular formula is C23H19FN2O4S. The highest BCUT2D eigenvalue weighted by Gasteiger charge is 2.23. The number of hydrogen-bond acceptors (Lipinski definition) is 5. The molecule has 4 rings (SSSR count). The predicted octanol–water partition coefficient (Wildman–Crippen LogP) is 4.92. The monoisotopic (exact) mass is 438 g/mol. The van der Waals surface area contributed by atoms with E-state index in [1.807, 2.05) is 0 Å². The van der Waals surface area contributed by atoms with Gasteiger partial charge in [0.05, 0.1) is 30.5 Å². The van der Waals surface area contributed by atoms with Gasteiger partial charge in [-0.15, -0.1) is 11.3 Å². The maximum absolute atomic E-state index is 14.1. The molecule has 2 aromatic heterocycles. The molecule has 158 valence electrons. The van der Waals surface area contributed by atoms with Gasteiger partial charge in [0.25, 0.3) is 5.91 Å². The summed E-state index contributed by atoms with van der Waals surface area (Å²) in [6.45, 7) is -0.115. The maximum Gasteiger partial charge on any atom is 0.264 e. The van der Waals surface area contributed by atoms with Crippen LogP contribution in [-0.2, 0) is 11.3 Å².